The maximum Gasteiger partial charge on any atom is 0.220 e. The largest absolute Gasteiger partial charge is 0.399 e. The van der Waals surface area contributed by atoms with Gasteiger partial charge < -0.3 is 11.1 Å². The summed E-state index contributed by atoms with van der Waals surface area (Å²) < 4.78 is 0. The summed E-state index contributed by atoms with van der Waals surface area (Å²) in [5.74, 6) is 0.790. The summed E-state index contributed by atoms with van der Waals surface area (Å²) in [4.78, 5) is 12.1. The summed E-state index contributed by atoms with van der Waals surface area (Å²) in [6.45, 7) is 2.26. The lowest BCUT2D eigenvalue weighted by molar-refractivity contribution is -0.122. The van der Waals surface area contributed by atoms with Crippen molar-refractivity contribution in [1.29, 1.82) is 0 Å². The summed E-state index contributed by atoms with van der Waals surface area (Å²) in [7, 11) is 0. The molecule has 1 aromatic carbocycles. The van der Waals surface area contributed by atoms with Crippen molar-refractivity contribution >= 4 is 11.6 Å². The molecule has 2 rings (SSSR count). The van der Waals surface area contributed by atoms with Gasteiger partial charge in [-0.15, -0.1) is 0 Å². The van der Waals surface area contributed by atoms with Gasteiger partial charge in [0.05, 0.1) is 0 Å². The Kier molecular flexibility index (Phi) is 5.45. The molecule has 0 aliphatic heterocycles. The fraction of sp³-hybridized carbons (Fsp3) is 0.588. The predicted octanol–water partition coefficient (Wildman–Crippen LogP) is 3.29. The van der Waals surface area contributed by atoms with E-state index < -0.39 is 0 Å². The Morgan fingerprint density at radius 1 is 1.20 bits per heavy atom. The van der Waals surface area contributed by atoms with Gasteiger partial charge in [0, 0.05) is 18.2 Å². The highest BCUT2D eigenvalue weighted by Crippen LogP contribution is 2.23. The molecule has 1 aliphatic rings. The lowest BCUT2D eigenvalue weighted by Crippen LogP contribution is -2.38. The van der Waals surface area contributed by atoms with Gasteiger partial charge in [0.2, 0.25) is 5.91 Å². The molecule has 2 atom stereocenters. The number of rotatable bonds is 4. The van der Waals surface area contributed by atoms with E-state index in [9.17, 15) is 4.79 Å². The lowest BCUT2D eigenvalue weighted by Gasteiger charge is -2.22. The van der Waals surface area contributed by atoms with Gasteiger partial charge in [-0.1, -0.05) is 38.3 Å². The van der Waals surface area contributed by atoms with Gasteiger partial charge in [0.25, 0.3) is 0 Å². The molecule has 0 spiro atoms. The third-order valence-electron chi connectivity index (χ3n) is 4.33. The third kappa shape index (κ3) is 4.55. The van der Waals surface area contributed by atoms with Crippen molar-refractivity contribution in [3.63, 3.8) is 0 Å². The normalized spacial score (nSPS) is 23.1. The Labute approximate surface area is 121 Å². The van der Waals surface area contributed by atoms with Crippen LogP contribution < -0.4 is 11.1 Å². The molecular formula is C17H26N2O. The Balaban J connectivity index is 1.78. The molecule has 3 nitrogen and oxygen atoms in total. The van der Waals surface area contributed by atoms with Crippen LogP contribution in [-0.2, 0) is 11.2 Å². The zero-order valence-corrected chi connectivity index (χ0v) is 12.4. The smallest absolute Gasteiger partial charge is 0.220 e. The van der Waals surface area contributed by atoms with E-state index in [0.717, 1.165) is 18.5 Å². The minimum atomic E-state index is 0.181. The average molecular weight is 274 g/mol. The summed E-state index contributed by atoms with van der Waals surface area (Å²) in [6, 6.07) is 8.14. The molecule has 1 aromatic rings. The topological polar surface area (TPSA) is 55.1 Å². The fourth-order valence-electron chi connectivity index (χ4n) is 2.93. The molecule has 0 aromatic heterocycles. The first-order chi connectivity index (χ1) is 9.65. The van der Waals surface area contributed by atoms with Gasteiger partial charge in [-0.25, -0.2) is 0 Å². The molecule has 2 unspecified atom stereocenters. The van der Waals surface area contributed by atoms with Crippen molar-refractivity contribution in [2.75, 3.05) is 5.73 Å². The van der Waals surface area contributed by atoms with Crippen LogP contribution in [0.2, 0.25) is 0 Å². The molecule has 0 bridgehead atoms. The minimum absolute atomic E-state index is 0.181. The van der Waals surface area contributed by atoms with Gasteiger partial charge >= 0.3 is 0 Å². The molecule has 1 fully saturated rings. The summed E-state index contributed by atoms with van der Waals surface area (Å²) in [5, 5.41) is 3.23. The second kappa shape index (κ2) is 7.32. The van der Waals surface area contributed by atoms with E-state index in [2.05, 4.69) is 12.2 Å². The highest BCUT2D eigenvalue weighted by molar-refractivity contribution is 5.76. The van der Waals surface area contributed by atoms with Crippen molar-refractivity contribution in [3.05, 3.63) is 29.8 Å². The number of hydrogen-bond donors (Lipinski definition) is 2. The van der Waals surface area contributed by atoms with E-state index >= 15 is 0 Å². The third-order valence-corrected chi connectivity index (χ3v) is 4.33. The summed E-state index contributed by atoms with van der Waals surface area (Å²) in [6.07, 6.45) is 7.58. The molecule has 3 N–H and O–H groups in total. The van der Waals surface area contributed by atoms with E-state index in [1.54, 1.807) is 0 Å². The molecule has 1 amide bonds. The number of hydrogen-bond acceptors (Lipinski definition) is 2. The van der Waals surface area contributed by atoms with Gasteiger partial charge in [0.15, 0.2) is 0 Å². The van der Waals surface area contributed by atoms with Crippen molar-refractivity contribution < 1.29 is 4.79 Å². The number of aryl methyl sites for hydroxylation is 1. The highest BCUT2D eigenvalue weighted by atomic mass is 16.1. The van der Waals surface area contributed by atoms with E-state index in [1.807, 2.05) is 24.3 Å². The molecule has 0 saturated heterocycles. The van der Waals surface area contributed by atoms with Crippen LogP contribution in [0.3, 0.4) is 0 Å². The molecule has 110 valence electrons. The Hall–Kier alpha value is -1.51. The maximum absolute atomic E-state index is 12.1. The monoisotopic (exact) mass is 274 g/mol. The zero-order valence-electron chi connectivity index (χ0n) is 12.4. The first kappa shape index (κ1) is 14.9. The molecular weight excluding hydrogens is 248 g/mol. The number of amides is 1. The number of benzene rings is 1. The van der Waals surface area contributed by atoms with Gasteiger partial charge in [-0.3, -0.25) is 4.79 Å². The van der Waals surface area contributed by atoms with Crippen LogP contribution in [0.25, 0.3) is 0 Å². The van der Waals surface area contributed by atoms with Crippen LogP contribution in [0, 0.1) is 5.92 Å². The van der Waals surface area contributed by atoms with Crippen molar-refractivity contribution in [3.8, 4) is 0 Å². The molecule has 1 aliphatic carbocycles. The van der Waals surface area contributed by atoms with Crippen LogP contribution in [0.15, 0.2) is 24.3 Å². The van der Waals surface area contributed by atoms with Gasteiger partial charge in [-0.2, -0.15) is 0 Å². The highest BCUT2D eigenvalue weighted by Gasteiger charge is 2.21. The maximum atomic E-state index is 12.1. The van der Waals surface area contributed by atoms with Crippen LogP contribution in [-0.4, -0.2) is 11.9 Å². The second-order valence-electron chi connectivity index (χ2n) is 6.03. The van der Waals surface area contributed by atoms with Crippen molar-refractivity contribution in [2.24, 2.45) is 5.92 Å². The van der Waals surface area contributed by atoms with Gasteiger partial charge in [0.1, 0.15) is 0 Å². The number of nitrogens with one attached hydrogen (secondary N) is 1. The number of nitrogens with two attached hydrogens (primary N) is 1. The SMILES string of the molecule is CC1CCCCCC1NC(=O)CCc1ccc(N)cc1. The molecule has 0 heterocycles. The summed E-state index contributed by atoms with van der Waals surface area (Å²) in [5.41, 5.74) is 7.60. The van der Waals surface area contributed by atoms with Crippen LogP contribution in [0.4, 0.5) is 5.69 Å². The minimum Gasteiger partial charge on any atom is -0.399 e. The standard InChI is InChI=1S/C17H26N2O/c1-13-5-3-2-4-6-16(13)19-17(20)12-9-14-7-10-15(18)11-8-14/h7-8,10-11,13,16H,2-6,9,12,18H2,1H3,(H,19,20). The fourth-order valence-corrected chi connectivity index (χ4v) is 2.93. The molecule has 20 heavy (non-hydrogen) atoms. The number of anilines is 1. The number of carbonyl (C=O) groups is 1. The Bertz CT molecular complexity index is 427. The predicted molar refractivity (Wildman–Crippen MR) is 83.4 cm³/mol. The average Bonchev–Trinajstić information content (AvgIpc) is 2.64. The molecule has 1 saturated carbocycles. The first-order valence-corrected chi connectivity index (χ1v) is 7.79. The van der Waals surface area contributed by atoms with Crippen molar-refractivity contribution in [2.45, 2.75) is 57.9 Å². The van der Waals surface area contributed by atoms with Crippen LogP contribution >= 0.6 is 0 Å². The Morgan fingerprint density at radius 3 is 2.65 bits per heavy atom. The van der Waals surface area contributed by atoms with Crippen molar-refractivity contribution in [1.82, 2.24) is 5.32 Å². The van der Waals surface area contributed by atoms with E-state index in [0.29, 0.717) is 18.4 Å². The lowest BCUT2D eigenvalue weighted by atomic mass is 9.96. The Morgan fingerprint density at radius 2 is 1.90 bits per heavy atom. The van der Waals surface area contributed by atoms with E-state index in [-0.39, 0.29) is 5.91 Å². The number of nitrogen functional groups attached to an aromatic ring is 1. The zero-order chi connectivity index (χ0) is 14.4. The first-order valence-electron chi connectivity index (χ1n) is 7.79. The second-order valence-corrected chi connectivity index (χ2v) is 6.03. The van der Waals surface area contributed by atoms with Crippen LogP contribution in [0.5, 0.6) is 0 Å². The molecule has 0 radical (unpaired) electrons. The number of carbonyl (C=O) groups excluding carboxylic acids is 1. The van der Waals surface area contributed by atoms with Crippen LogP contribution in [0.1, 0.15) is 51.0 Å². The quantitative estimate of drug-likeness (QED) is 0.654. The van der Waals surface area contributed by atoms with E-state index in [1.165, 1.54) is 31.2 Å². The summed E-state index contributed by atoms with van der Waals surface area (Å²) >= 11 is 0. The molecule has 3 heteroatoms. The van der Waals surface area contributed by atoms with Gasteiger partial charge in [-0.05, 0) is 42.9 Å². The van der Waals surface area contributed by atoms with E-state index in [4.69, 9.17) is 5.73 Å².